The topological polar surface area (TPSA) is 91.7 Å². The first-order chi connectivity index (χ1) is 22.4. The summed E-state index contributed by atoms with van der Waals surface area (Å²) in [6, 6.07) is 30.6. The Morgan fingerprint density at radius 3 is 2.24 bits per heavy atom. The van der Waals surface area contributed by atoms with E-state index in [1.165, 1.54) is 21.2 Å². The minimum atomic E-state index is -0.739. The molecule has 0 saturated carbocycles. The van der Waals surface area contributed by atoms with E-state index >= 15 is 0 Å². The Hall–Kier alpha value is -4.67. The normalized spacial score (nSPS) is 18.8. The number of amides is 3. The van der Waals surface area contributed by atoms with Crippen LogP contribution in [-0.4, -0.2) is 40.6 Å². The number of nitrogens with zero attached hydrogens (tertiary/aromatic N) is 3. The zero-order chi connectivity index (χ0) is 31.9. The Balaban J connectivity index is 1.26. The maximum atomic E-state index is 14.1. The molecule has 3 heterocycles. The van der Waals surface area contributed by atoms with E-state index in [1.54, 1.807) is 24.3 Å². The smallest absolute Gasteiger partial charge is 0.308 e. The SMILES string of the molecule is CCN(CC)c1ccc([C@@H]2c3sc(=O)n(CC(=O)Nc4ccc5ccccc5c4)c3S[C@H]3C(=O)N(c4ccccc4)C(=O)[C@@H]23)cc1. The van der Waals surface area contributed by atoms with Gasteiger partial charge in [-0.15, -0.1) is 0 Å². The number of benzene rings is 4. The van der Waals surface area contributed by atoms with Crippen LogP contribution in [0.3, 0.4) is 0 Å². The quantitative estimate of drug-likeness (QED) is 0.198. The molecule has 3 amide bonds. The number of nitrogens with one attached hydrogen (secondary N) is 1. The predicted octanol–water partition coefficient (Wildman–Crippen LogP) is 6.34. The minimum absolute atomic E-state index is 0.208. The average Bonchev–Trinajstić information content (AvgIpc) is 3.52. The van der Waals surface area contributed by atoms with Gasteiger partial charge in [0.05, 0.1) is 16.6 Å². The first-order valence-corrected chi connectivity index (χ1v) is 17.0. The van der Waals surface area contributed by atoms with Crippen molar-refractivity contribution in [1.29, 1.82) is 0 Å². The average molecular weight is 649 g/mol. The van der Waals surface area contributed by atoms with Crippen molar-refractivity contribution in [2.24, 2.45) is 5.92 Å². The molecule has 10 heteroatoms. The molecule has 2 aliphatic rings. The van der Waals surface area contributed by atoms with Gasteiger partial charge in [-0.3, -0.25) is 23.7 Å². The Kier molecular flexibility index (Phi) is 8.00. The van der Waals surface area contributed by atoms with Crippen molar-refractivity contribution in [3.05, 3.63) is 117 Å². The lowest BCUT2D eigenvalue weighted by Crippen LogP contribution is -2.33. The summed E-state index contributed by atoms with van der Waals surface area (Å²) in [6.45, 7) is 5.71. The second-order valence-electron chi connectivity index (χ2n) is 11.4. The van der Waals surface area contributed by atoms with Gasteiger partial charge in [0, 0.05) is 35.3 Å². The third-order valence-electron chi connectivity index (χ3n) is 8.78. The van der Waals surface area contributed by atoms with Gasteiger partial charge in [0.2, 0.25) is 17.7 Å². The van der Waals surface area contributed by atoms with Crippen molar-refractivity contribution in [1.82, 2.24) is 4.57 Å². The third-order valence-corrected chi connectivity index (χ3v) is 11.4. The van der Waals surface area contributed by atoms with Gasteiger partial charge in [0.1, 0.15) is 11.8 Å². The molecular formula is C36H32N4O4S2. The first kappa shape index (κ1) is 30.0. The number of carbonyl (C=O) groups is 3. The molecule has 8 nitrogen and oxygen atoms in total. The molecule has 1 fully saturated rings. The summed E-state index contributed by atoms with van der Waals surface area (Å²) in [5.41, 5.74) is 3.08. The number of hydrogen-bond acceptors (Lipinski definition) is 7. The summed E-state index contributed by atoms with van der Waals surface area (Å²) in [5, 5.41) is 4.82. The monoisotopic (exact) mass is 648 g/mol. The highest BCUT2D eigenvalue weighted by molar-refractivity contribution is 8.00. The molecule has 0 aliphatic carbocycles. The number of hydrogen-bond donors (Lipinski definition) is 1. The van der Waals surface area contributed by atoms with Gasteiger partial charge in [-0.2, -0.15) is 0 Å². The van der Waals surface area contributed by atoms with E-state index in [4.69, 9.17) is 0 Å². The fourth-order valence-electron chi connectivity index (χ4n) is 6.54. The molecule has 1 aromatic heterocycles. The summed E-state index contributed by atoms with van der Waals surface area (Å²) >= 11 is 2.28. The molecule has 46 heavy (non-hydrogen) atoms. The van der Waals surface area contributed by atoms with Crippen LogP contribution in [0, 0.1) is 5.92 Å². The molecule has 1 N–H and O–H groups in total. The third kappa shape index (κ3) is 5.21. The molecular weight excluding hydrogens is 617 g/mol. The van der Waals surface area contributed by atoms with Gasteiger partial charge < -0.3 is 10.2 Å². The van der Waals surface area contributed by atoms with Gasteiger partial charge in [-0.05, 0) is 66.6 Å². The first-order valence-electron chi connectivity index (χ1n) is 15.3. The fourth-order valence-corrected chi connectivity index (χ4v) is 9.31. The Bertz CT molecular complexity index is 2020. The summed E-state index contributed by atoms with van der Waals surface area (Å²) in [4.78, 5) is 58.9. The lowest BCUT2D eigenvalue weighted by atomic mass is 9.83. The lowest BCUT2D eigenvalue weighted by Gasteiger charge is -2.31. The minimum Gasteiger partial charge on any atom is -0.372 e. The van der Waals surface area contributed by atoms with E-state index in [9.17, 15) is 19.2 Å². The summed E-state index contributed by atoms with van der Waals surface area (Å²) in [6.07, 6.45) is 0. The molecule has 1 saturated heterocycles. The molecule has 4 aromatic carbocycles. The highest BCUT2D eigenvalue weighted by Crippen LogP contribution is 2.54. The highest BCUT2D eigenvalue weighted by Gasteiger charge is 2.56. The van der Waals surface area contributed by atoms with Gasteiger partial charge in [0.15, 0.2) is 0 Å². The van der Waals surface area contributed by atoms with Crippen molar-refractivity contribution >= 4 is 68.7 Å². The van der Waals surface area contributed by atoms with Crippen LogP contribution in [0.15, 0.2) is 107 Å². The zero-order valence-corrected chi connectivity index (χ0v) is 27.0. The van der Waals surface area contributed by atoms with Crippen LogP contribution >= 0.6 is 23.1 Å². The Morgan fingerprint density at radius 1 is 0.826 bits per heavy atom. The fraction of sp³-hybridized carbons (Fsp3) is 0.222. The molecule has 3 atom stereocenters. The summed E-state index contributed by atoms with van der Waals surface area (Å²) in [7, 11) is 0. The lowest BCUT2D eigenvalue weighted by molar-refractivity contribution is -0.122. The number of fused-ring (bicyclic) bond motifs is 3. The summed E-state index contributed by atoms with van der Waals surface area (Å²) in [5.74, 6) is -2.14. The molecule has 7 rings (SSSR count). The summed E-state index contributed by atoms with van der Waals surface area (Å²) < 4.78 is 1.46. The molecule has 0 radical (unpaired) electrons. The van der Waals surface area contributed by atoms with E-state index in [-0.39, 0.29) is 29.1 Å². The molecule has 0 spiro atoms. The Labute approximate surface area is 274 Å². The van der Waals surface area contributed by atoms with E-state index in [1.807, 2.05) is 72.8 Å². The van der Waals surface area contributed by atoms with Crippen LogP contribution in [0.2, 0.25) is 0 Å². The van der Waals surface area contributed by atoms with E-state index in [0.717, 1.165) is 46.4 Å². The zero-order valence-electron chi connectivity index (χ0n) is 25.4. The largest absolute Gasteiger partial charge is 0.372 e. The molecule has 5 aromatic rings. The van der Waals surface area contributed by atoms with E-state index in [0.29, 0.717) is 21.3 Å². The number of imide groups is 1. The number of rotatable bonds is 8. The van der Waals surface area contributed by atoms with Crippen LogP contribution in [-0.2, 0) is 20.9 Å². The Morgan fingerprint density at radius 2 is 1.52 bits per heavy atom. The number of thiazole rings is 1. The number of anilines is 3. The standard InChI is InChI=1S/C36H32N4O4S2/c1-3-38(4-2)26-18-15-23(16-19-26)29-30-31(34(43)40(33(30)42)27-12-6-5-7-13-27)45-35-32(29)46-36(44)39(35)21-28(41)37-25-17-14-22-10-8-9-11-24(22)20-25/h5-20,29-31H,3-4,21H2,1-2H3,(H,37,41)/t29-,30-,31+/m0/s1. The van der Waals surface area contributed by atoms with Crippen LogP contribution in [0.25, 0.3) is 10.8 Å². The van der Waals surface area contributed by atoms with Crippen molar-refractivity contribution in [3.63, 3.8) is 0 Å². The second-order valence-corrected chi connectivity index (χ2v) is 13.5. The van der Waals surface area contributed by atoms with Gasteiger partial charge in [-0.1, -0.05) is 83.8 Å². The highest BCUT2D eigenvalue weighted by atomic mass is 32.2. The maximum absolute atomic E-state index is 14.1. The van der Waals surface area contributed by atoms with Crippen LogP contribution in [0.1, 0.15) is 30.2 Å². The van der Waals surface area contributed by atoms with Crippen molar-refractivity contribution in [2.45, 2.75) is 36.6 Å². The van der Waals surface area contributed by atoms with Crippen molar-refractivity contribution in [3.8, 4) is 0 Å². The van der Waals surface area contributed by atoms with Crippen LogP contribution in [0.4, 0.5) is 17.1 Å². The van der Waals surface area contributed by atoms with Gasteiger partial charge in [0.25, 0.3) is 0 Å². The van der Waals surface area contributed by atoms with Crippen molar-refractivity contribution in [2.75, 3.05) is 28.2 Å². The molecule has 0 bridgehead atoms. The van der Waals surface area contributed by atoms with Gasteiger partial charge in [-0.25, -0.2) is 4.90 Å². The van der Waals surface area contributed by atoms with E-state index < -0.39 is 17.1 Å². The molecule has 2 aliphatic heterocycles. The second kappa shape index (κ2) is 12.3. The van der Waals surface area contributed by atoms with E-state index in [2.05, 4.69) is 24.1 Å². The predicted molar refractivity (Wildman–Crippen MR) is 185 cm³/mol. The van der Waals surface area contributed by atoms with Crippen LogP contribution in [0.5, 0.6) is 0 Å². The maximum Gasteiger partial charge on any atom is 0.308 e. The number of thioether (sulfide) groups is 1. The molecule has 232 valence electrons. The van der Waals surface area contributed by atoms with Crippen LogP contribution < -0.4 is 20.0 Å². The molecule has 0 unspecified atom stereocenters. The number of para-hydroxylation sites is 1. The number of carbonyl (C=O) groups excluding carboxylic acids is 3. The van der Waals surface area contributed by atoms with Gasteiger partial charge >= 0.3 is 4.87 Å². The number of aromatic nitrogens is 1. The van der Waals surface area contributed by atoms with Crippen molar-refractivity contribution < 1.29 is 14.4 Å².